The van der Waals surface area contributed by atoms with E-state index in [9.17, 15) is 0 Å². The van der Waals surface area contributed by atoms with Crippen LogP contribution in [-0.2, 0) is 0 Å². The molecule has 0 spiro atoms. The van der Waals surface area contributed by atoms with E-state index < -0.39 is 0 Å². The van der Waals surface area contributed by atoms with Crippen molar-refractivity contribution >= 4 is 0 Å². The highest BCUT2D eigenvalue weighted by atomic mass is 15.2. The fourth-order valence-electron chi connectivity index (χ4n) is 5.73. The highest BCUT2D eigenvalue weighted by Gasteiger charge is 2.39. The van der Waals surface area contributed by atoms with E-state index >= 15 is 0 Å². The Morgan fingerprint density at radius 1 is 0.810 bits per heavy atom. The van der Waals surface area contributed by atoms with Gasteiger partial charge < -0.3 is 9.80 Å². The molecule has 2 heterocycles. The number of likely N-dealkylation sites (tertiary alicyclic amines) is 2. The van der Waals surface area contributed by atoms with Crippen LogP contribution in [0.2, 0.25) is 0 Å². The molecule has 2 heteroatoms. The average Bonchev–Trinajstić information content (AvgIpc) is 3.02. The minimum Gasteiger partial charge on any atom is -0.334 e. The minimum absolute atomic E-state index is 0.955. The predicted octanol–water partition coefficient (Wildman–Crippen LogP) is 0.705. The fourth-order valence-corrected chi connectivity index (χ4v) is 5.73. The Bertz CT molecular complexity index is 362. The third-order valence-corrected chi connectivity index (χ3v) is 6.98. The fraction of sp³-hybridized carbons (Fsp3) is 0.895. The first-order valence-electron chi connectivity index (χ1n) is 9.75. The van der Waals surface area contributed by atoms with Gasteiger partial charge in [0.1, 0.15) is 0 Å². The van der Waals surface area contributed by atoms with Crippen molar-refractivity contribution in [2.45, 2.75) is 57.4 Å². The number of hydrogen-bond acceptors (Lipinski definition) is 0. The Morgan fingerprint density at radius 2 is 1.57 bits per heavy atom. The van der Waals surface area contributed by atoms with Crippen molar-refractivity contribution in [3.05, 3.63) is 12.2 Å². The van der Waals surface area contributed by atoms with Crippen LogP contribution in [0.5, 0.6) is 0 Å². The largest absolute Gasteiger partial charge is 0.334 e. The summed E-state index contributed by atoms with van der Waals surface area (Å²) < 4.78 is 0. The van der Waals surface area contributed by atoms with Gasteiger partial charge in [-0.05, 0) is 50.4 Å². The zero-order valence-corrected chi connectivity index (χ0v) is 13.7. The van der Waals surface area contributed by atoms with Gasteiger partial charge in [0.25, 0.3) is 0 Å². The SMILES string of the molecule is C1=C[C@@H]2C[C@H]1C[C@H]2C[NH+]1CCC([NH+]2CCCCCC2)CC1. The summed E-state index contributed by atoms with van der Waals surface area (Å²) in [4.78, 5) is 3.90. The number of quaternary nitrogens is 2. The van der Waals surface area contributed by atoms with Crippen LogP contribution in [0.3, 0.4) is 0 Å². The van der Waals surface area contributed by atoms with Gasteiger partial charge in [-0.25, -0.2) is 0 Å². The third-order valence-electron chi connectivity index (χ3n) is 6.98. The van der Waals surface area contributed by atoms with Crippen LogP contribution in [-0.4, -0.2) is 38.8 Å². The number of nitrogens with one attached hydrogen (secondary N) is 2. The van der Waals surface area contributed by atoms with Crippen LogP contribution in [0, 0.1) is 17.8 Å². The zero-order chi connectivity index (χ0) is 14.1. The molecule has 0 amide bonds. The molecule has 0 aromatic heterocycles. The number of allylic oxidation sites excluding steroid dienone is 2. The Balaban J connectivity index is 1.24. The second kappa shape index (κ2) is 6.42. The molecular weight excluding hydrogens is 256 g/mol. The van der Waals surface area contributed by atoms with Gasteiger partial charge in [-0.1, -0.05) is 12.2 Å². The van der Waals surface area contributed by atoms with Crippen molar-refractivity contribution in [2.24, 2.45) is 17.8 Å². The van der Waals surface area contributed by atoms with E-state index in [-0.39, 0.29) is 0 Å². The molecule has 4 rings (SSSR count). The molecule has 2 nitrogen and oxygen atoms in total. The second-order valence-corrected chi connectivity index (χ2v) is 8.34. The summed E-state index contributed by atoms with van der Waals surface area (Å²) in [6.07, 6.45) is 17.0. The summed E-state index contributed by atoms with van der Waals surface area (Å²) in [6, 6.07) is 1.01. The quantitative estimate of drug-likeness (QED) is 0.708. The number of hydrogen-bond donors (Lipinski definition) is 2. The first-order chi connectivity index (χ1) is 10.4. The van der Waals surface area contributed by atoms with Gasteiger partial charge >= 0.3 is 0 Å². The molecule has 21 heavy (non-hydrogen) atoms. The van der Waals surface area contributed by atoms with E-state index in [0.717, 1.165) is 23.8 Å². The maximum atomic E-state index is 2.53. The van der Waals surface area contributed by atoms with Crippen LogP contribution < -0.4 is 9.80 Å². The summed E-state index contributed by atoms with van der Waals surface area (Å²) in [6.45, 7) is 7.35. The van der Waals surface area contributed by atoms with Crippen molar-refractivity contribution in [1.82, 2.24) is 0 Å². The van der Waals surface area contributed by atoms with Crippen LogP contribution in [0.25, 0.3) is 0 Å². The van der Waals surface area contributed by atoms with Gasteiger partial charge in [-0.3, -0.25) is 0 Å². The Morgan fingerprint density at radius 3 is 2.19 bits per heavy atom. The molecule has 118 valence electrons. The smallest absolute Gasteiger partial charge is 0.0983 e. The Labute approximate surface area is 130 Å². The zero-order valence-electron chi connectivity index (χ0n) is 13.7. The molecule has 4 aliphatic rings. The maximum absolute atomic E-state index is 2.53. The van der Waals surface area contributed by atoms with Crippen LogP contribution in [0.1, 0.15) is 51.4 Å². The number of rotatable bonds is 3. The Hall–Kier alpha value is -0.340. The summed E-state index contributed by atoms with van der Waals surface area (Å²) in [7, 11) is 0. The van der Waals surface area contributed by atoms with Gasteiger partial charge in [0.2, 0.25) is 0 Å². The van der Waals surface area contributed by atoms with E-state index in [2.05, 4.69) is 12.2 Å². The second-order valence-electron chi connectivity index (χ2n) is 8.34. The summed E-state index contributed by atoms with van der Waals surface area (Å²) in [5.41, 5.74) is 0. The first-order valence-corrected chi connectivity index (χ1v) is 9.75. The number of fused-ring (bicyclic) bond motifs is 2. The Kier molecular flexibility index (Phi) is 4.36. The van der Waals surface area contributed by atoms with Crippen molar-refractivity contribution in [2.75, 3.05) is 32.7 Å². The molecule has 0 unspecified atom stereocenters. The van der Waals surface area contributed by atoms with E-state index in [1.807, 2.05) is 9.80 Å². The highest BCUT2D eigenvalue weighted by Crippen LogP contribution is 2.42. The van der Waals surface area contributed by atoms with Gasteiger partial charge in [0.05, 0.1) is 38.8 Å². The molecular formula is C19H34N2+2. The van der Waals surface area contributed by atoms with Gasteiger partial charge in [-0.2, -0.15) is 0 Å². The molecule has 0 radical (unpaired) electrons. The lowest BCUT2D eigenvalue weighted by Crippen LogP contribution is -3.20. The lowest BCUT2D eigenvalue weighted by atomic mass is 9.92. The topological polar surface area (TPSA) is 8.88 Å². The summed E-state index contributed by atoms with van der Waals surface area (Å²) >= 11 is 0. The highest BCUT2D eigenvalue weighted by molar-refractivity contribution is 5.09. The normalized spacial score (nSPS) is 44.1. The third kappa shape index (κ3) is 3.22. The molecule has 2 aliphatic carbocycles. The van der Waals surface area contributed by atoms with Crippen molar-refractivity contribution < 1.29 is 9.80 Å². The standard InChI is InChI=1S/C19H32N2/c1-2-4-10-21(9-3-1)19-7-11-20(12-8-19)15-18-14-16-5-6-17(18)13-16/h5-6,16-19H,1-4,7-15H2/p+2/t16-,17+,18-/m0/s1. The van der Waals surface area contributed by atoms with Crippen LogP contribution in [0.15, 0.2) is 12.2 Å². The molecule has 0 aromatic rings. The lowest BCUT2D eigenvalue weighted by Gasteiger charge is -2.35. The molecule has 2 saturated heterocycles. The van der Waals surface area contributed by atoms with E-state index in [1.165, 1.54) is 84.1 Å². The molecule has 0 aromatic carbocycles. The minimum atomic E-state index is 0.955. The van der Waals surface area contributed by atoms with Crippen molar-refractivity contribution in [3.63, 3.8) is 0 Å². The molecule has 1 saturated carbocycles. The van der Waals surface area contributed by atoms with Gasteiger partial charge in [0, 0.05) is 18.8 Å². The van der Waals surface area contributed by atoms with E-state index in [0.29, 0.717) is 0 Å². The van der Waals surface area contributed by atoms with E-state index in [4.69, 9.17) is 0 Å². The number of piperidine rings is 1. The first kappa shape index (κ1) is 14.3. The molecule has 2 N–H and O–H groups in total. The maximum Gasteiger partial charge on any atom is 0.0983 e. The molecule has 3 atom stereocenters. The monoisotopic (exact) mass is 290 g/mol. The lowest BCUT2D eigenvalue weighted by molar-refractivity contribution is -0.958. The van der Waals surface area contributed by atoms with Crippen molar-refractivity contribution in [3.8, 4) is 0 Å². The molecule has 2 bridgehead atoms. The van der Waals surface area contributed by atoms with Gasteiger partial charge in [-0.15, -0.1) is 0 Å². The summed E-state index contributed by atoms with van der Waals surface area (Å²) in [5.74, 6) is 2.94. The molecule has 3 fully saturated rings. The van der Waals surface area contributed by atoms with Crippen LogP contribution >= 0.6 is 0 Å². The van der Waals surface area contributed by atoms with E-state index in [1.54, 1.807) is 0 Å². The van der Waals surface area contributed by atoms with Gasteiger partial charge in [0.15, 0.2) is 0 Å². The average molecular weight is 290 g/mol. The summed E-state index contributed by atoms with van der Waals surface area (Å²) in [5, 5.41) is 0. The predicted molar refractivity (Wildman–Crippen MR) is 86.6 cm³/mol. The van der Waals surface area contributed by atoms with Crippen molar-refractivity contribution in [1.29, 1.82) is 0 Å². The van der Waals surface area contributed by atoms with Crippen LogP contribution in [0.4, 0.5) is 0 Å². The molecule has 2 aliphatic heterocycles.